The van der Waals surface area contributed by atoms with Crippen molar-refractivity contribution < 1.29 is 27.5 Å². The number of hydrogen-bond acceptors (Lipinski definition) is 8. The van der Waals surface area contributed by atoms with Crippen molar-refractivity contribution in [1.29, 1.82) is 0 Å². The molecule has 11 nitrogen and oxygen atoms in total. The lowest BCUT2D eigenvalue weighted by atomic mass is 10.0. The number of aryl methyl sites for hydroxylation is 1. The Labute approximate surface area is 214 Å². The van der Waals surface area contributed by atoms with Crippen molar-refractivity contribution in [2.45, 2.75) is 31.8 Å². The summed E-state index contributed by atoms with van der Waals surface area (Å²) in [6.07, 6.45) is 2.59. The molecular formula is C24H27FN6O5S. The number of halogens is 1. The number of carboxylic acid groups (broad SMARTS) is 1. The molecule has 2 aromatic heterocycles. The Hall–Kier alpha value is -4.00. The van der Waals surface area contributed by atoms with Gasteiger partial charge in [-0.3, -0.25) is 9.10 Å². The molecule has 196 valence electrons. The van der Waals surface area contributed by atoms with Crippen molar-refractivity contribution >= 4 is 50.9 Å². The number of anilines is 3. The fraction of sp³-hybridized carbons (Fsp3) is 0.333. The molecule has 0 radical (unpaired) electrons. The average molecular weight is 531 g/mol. The average Bonchev–Trinajstić information content (AvgIpc) is 3.18. The summed E-state index contributed by atoms with van der Waals surface area (Å²) in [4.78, 5) is 36.7. The second kappa shape index (κ2) is 10.2. The third-order valence-electron chi connectivity index (χ3n) is 6.44. The largest absolute Gasteiger partial charge is 0.480 e. The zero-order chi connectivity index (χ0) is 27.0. The van der Waals surface area contributed by atoms with Gasteiger partial charge in [0.1, 0.15) is 29.5 Å². The maximum Gasteiger partial charge on any atom is 0.326 e. The van der Waals surface area contributed by atoms with Crippen LogP contribution in [-0.4, -0.2) is 73.0 Å². The Bertz CT molecular complexity index is 1460. The van der Waals surface area contributed by atoms with Crippen LogP contribution in [0.2, 0.25) is 0 Å². The molecule has 3 N–H and O–H groups in total. The molecule has 0 saturated carbocycles. The highest BCUT2D eigenvalue weighted by atomic mass is 32.2. The van der Waals surface area contributed by atoms with E-state index in [0.717, 1.165) is 9.21 Å². The maximum absolute atomic E-state index is 14.9. The van der Waals surface area contributed by atoms with Crippen LogP contribution >= 0.6 is 0 Å². The molecule has 0 bridgehead atoms. The van der Waals surface area contributed by atoms with Crippen LogP contribution in [0.1, 0.15) is 17.5 Å². The van der Waals surface area contributed by atoms with Crippen molar-refractivity contribution in [3.63, 3.8) is 0 Å². The minimum absolute atomic E-state index is 0.00556. The predicted molar refractivity (Wildman–Crippen MR) is 137 cm³/mol. The van der Waals surface area contributed by atoms with Crippen LogP contribution in [0.15, 0.2) is 36.7 Å². The van der Waals surface area contributed by atoms with Gasteiger partial charge in [-0.15, -0.1) is 0 Å². The van der Waals surface area contributed by atoms with Crippen molar-refractivity contribution in [3.05, 3.63) is 53.6 Å². The summed E-state index contributed by atoms with van der Waals surface area (Å²) in [5.74, 6) is -1.88. The number of carboxylic acids is 1. The lowest BCUT2D eigenvalue weighted by Gasteiger charge is -2.28. The molecule has 0 spiro atoms. The summed E-state index contributed by atoms with van der Waals surface area (Å²) in [6, 6.07) is 3.38. The zero-order valence-corrected chi connectivity index (χ0v) is 21.4. The normalized spacial score (nSPS) is 16.4. The Morgan fingerprint density at radius 3 is 2.65 bits per heavy atom. The minimum Gasteiger partial charge on any atom is -0.480 e. The number of benzene rings is 1. The van der Waals surface area contributed by atoms with Gasteiger partial charge in [0, 0.05) is 38.6 Å². The van der Waals surface area contributed by atoms with Crippen molar-refractivity contribution in [2.75, 3.05) is 35.6 Å². The van der Waals surface area contributed by atoms with Crippen LogP contribution in [-0.2, 0) is 26.9 Å². The van der Waals surface area contributed by atoms with Gasteiger partial charge in [0.25, 0.3) is 0 Å². The van der Waals surface area contributed by atoms with E-state index in [2.05, 4.69) is 9.97 Å². The Balaban J connectivity index is 1.63. The number of hydrogen-bond donors (Lipinski definition) is 3. The number of fused-ring (bicyclic) bond motifs is 1. The highest BCUT2D eigenvalue weighted by molar-refractivity contribution is 7.74. The number of likely N-dealkylation sites (tertiary alicyclic amines) is 1. The monoisotopic (exact) mass is 530 g/mol. The van der Waals surface area contributed by atoms with Crippen molar-refractivity contribution in [3.8, 4) is 0 Å². The predicted octanol–water partition coefficient (Wildman–Crippen LogP) is 1.36. The summed E-state index contributed by atoms with van der Waals surface area (Å²) < 4.78 is 40.3. The van der Waals surface area contributed by atoms with Gasteiger partial charge in [0.15, 0.2) is 0 Å². The molecule has 3 aromatic rings. The van der Waals surface area contributed by atoms with E-state index >= 15 is 0 Å². The number of amides is 1. The molecule has 2 atom stereocenters. The molecule has 1 aliphatic heterocycles. The number of carbonyl (C=O) groups excluding carboxylic acids is 1. The molecule has 4 rings (SSSR count). The van der Waals surface area contributed by atoms with Gasteiger partial charge in [-0.2, -0.15) is 0 Å². The Kier molecular flexibility index (Phi) is 7.16. The number of nitrogens with zero attached hydrogens (tertiary/aromatic N) is 5. The molecule has 1 amide bonds. The molecule has 13 heteroatoms. The fourth-order valence-electron chi connectivity index (χ4n) is 4.72. The molecule has 3 heterocycles. The number of thiol groups is 1. The molecular weight excluding hydrogens is 503 g/mol. The first-order valence-electron chi connectivity index (χ1n) is 11.4. The molecule has 1 fully saturated rings. The standard InChI is InChI=1S/C24H27FN6O5S/c1-13-8-16(12-28-22(13)29(2)3)31(37(35)36)19-5-7-30(23(19)32)20(24(33)34)10-15-9-14-4-6-27-21(26)17(14)11-18(15)25/h4,6,8-9,11-12,19-20,37H,5,7,10H2,1-3H3,(H2,26,27)(H,33,34)/t19-,20+/m0/s1. The van der Waals surface area contributed by atoms with E-state index in [1.807, 2.05) is 0 Å². The minimum atomic E-state index is -3.24. The van der Waals surface area contributed by atoms with Gasteiger partial charge < -0.3 is 20.6 Å². The maximum atomic E-state index is 14.9. The van der Waals surface area contributed by atoms with E-state index in [1.165, 1.54) is 24.5 Å². The molecule has 1 aliphatic rings. The van der Waals surface area contributed by atoms with Crippen molar-refractivity contribution in [1.82, 2.24) is 14.9 Å². The van der Waals surface area contributed by atoms with E-state index in [1.54, 1.807) is 38.1 Å². The third-order valence-corrected chi connectivity index (χ3v) is 7.31. The molecule has 37 heavy (non-hydrogen) atoms. The first-order valence-corrected chi connectivity index (χ1v) is 12.6. The molecule has 0 aliphatic carbocycles. The van der Waals surface area contributed by atoms with Gasteiger partial charge in [0.2, 0.25) is 16.8 Å². The van der Waals surface area contributed by atoms with Crippen molar-refractivity contribution in [2.24, 2.45) is 0 Å². The van der Waals surface area contributed by atoms with Crippen LogP contribution in [0, 0.1) is 12.7 Å². The SMILES string of the molecule is Cc1cc(N([C@H]2CCN([C@H](Cc3cc4ccnc(N)c4cc3F)C(=O)O)C2=O)[SH](=O)=O)cnc1N(C)C. The summed E-state index contributed by atoms with van der Waals surface area (Å²) in [7, 11) is 0.364. The number of rotatable bonds is 8. The zero-order valence-electron chi connectivity index (χ0n) is 20.5. The van der Waals surface area contributed by atoms with Gasteiger partial charge >= 0.3 is 5.97 Å². The Morgan fingerprint density at radius 1 is 1.30 bits per heavy atom. The van der Waals surface area contributed by atoms with Gasteiger partial charge in [0.05, 0.1) is 11.9 Å². The van der Waals surface area contributed by atoms with E-state index in [9.17, 15) is 27.5 Å². The van der Waals surface area contributed by atoms with Crippen LogP contribution in [0.25, 0.3) is 10.8 Å². The number of nitrogens with two attached hydrogens (primary N) is 1. The summed E-state index contributed by atoms with van der Waals surface area (Å²) >= 11 is 0. The summed E-state index contributed by atoms with van der Waals surface area (Å²) in [5.41, 5.74) is 6.81. The third kappa shape index (κ3) is 4.99. The summed E-state index contributed by atoms with van der Waals surface area (Å²) in [5, 5.41) is 10.9. The smallest absolute Gasteiger partial charge is 0.326 e. The highest BCUT2D eigenvalue weighted by Crippen LogP contribution is 2.30. The van der Waals surface area contributed by atoms with E-state index in [4.69, 9.17) is 5.73 Å². The van der Waals surface area contributed by atoms with Crippen LogP contribution in [0.5, 0.6) is 0 Å². The molecule has 1 saturated heterocycles. The van der Waals surface area contributed by atoms with Gasteiger partial charge in [-0.1, -0.05) is 0 Å². The van der Waals surface area contributed by atoms with Crippen LogP contribution < -0.4 is 14.9 Å². The molecule has 1 aromatic carbocycles. The fourth-order valence-corrected chi connectivity index (χ4v) is 5.46. The lowest BCUT2D eigenvalue weighted by Crippen LogP contribution is -2.48. The molecule has 0 unspecified atom stereocenters. The second-order valence-electron chi connectivity index (χ2n) is 9.07. The number of nitrogen functional groups attached to an aromatic ring is 1. The number of aliphatic carboxylic acids is 1. The van der Waals surface area contributed by atoms with E-state index in [0.29, 0.717) is 22.2 Å². The van der Waals surface area contributed by atoms with Crippen LogP contribution in [0.3, 0.4) is 0 Å². The lowest BCUT2D eigenvalue weighted by molar-refractivity contribution is -0.148. The Morgan fingerprint density at radius 2 is 2.03 bits per heavy atom. The van der Waals surface area contributed by atoms with Crippen LogP contribution in [0.4, 0.5) is 21.7 Å². The topological polar surface area (TPSA) is 150 Å². The number of carbonyl (C=O) groups is 2. The van der Waals surface area contributed by atoms with E-state index in [-0.39, 0.29) is 36.5 Å². The highest BCUT2D eigenvalue weighted by Gasteiger charge is 2.43. The van der Waals surface area contributed by atoms with Gasteiger partial charge in [-0.25, -0.2) is 27.6 Å². The van der Waals surface area contributed by atoms with Gasteiger partial charge in [-0.05, 0) is 54.1 Å². The number of pyridine rings is 2. The first-order chi connectivity index (χ1) is 17.5. The first kappa shape index (κ1) is 26.1. The summed E-state index contributed by atoms with van der Waals surface area (Å²) in [6.45, 7) is 1.77. The number of aromatic nitrogens is 2. The quantitative estimate of drug-likeness (QED) is 0.367. The second-order valence-corrected chi connectivity index (χ2v) is 9.97. The van der Waals surface area contributed by atoms with E-state index < -0.39 is 40.7 Å².